The van der Waals surface area contributed by atoms with Crippen molar-refractivity contribution in [1.29, 1.82) is 0 Å². The number of anilines is 1. The summed E-state index contributed by atoms with van der Waals surface area (Å²) in [6.07, 6.45) is 3.04. The predicted molar refractivity (Wildman–Crippen MR) is 92.0 cm³/mol. The Balaban J connectivity index is 1.57. The lowest BCUT2D eigenvalue weighted by Crippen LogP contribution is -2.42. The van der Waals surface area contributed by atoms with Crippen LogP contribution in [0.3, 0.4) is 0 Å². The van der Waals surface area contributed by atoms with E-state index < -0.39 is 11.8 Å². The van der Waals surface area contributed by atoms with Crippen LogP contribution in [0.4, 0.5) is 5.69 Å². The Bertz CT molecular complexity index is 692. The molecular weight excluding hydrogens is 304 g/mol. The maximum absolute atomic E-state index is 12.1. The van der Waals surface area contributed by atoms with Crippen LogP contribution in [0, 0.1) is 0 Å². The molecule has 0 saturated carbocycles. The fourth-order valence-corrected chi connectivity index (χ4v) is 2.66. The summed E-state index contributed by atoms with van der Waals surface area (Å²) in [6, 6.07) is 16.4. The lowest BCUT2D eigenvalue weighted by molar-refractivity contribution is -0.143. The largest absolute Gasteiger partial charge is 0.457 e. The van der Waals surface area contributed by atoms with Crippen molar-refractivity contribution in [2.45, 2.75) is 19.3 Å². The average Bonchev–Trinajstić information content (AvgIpc) is 2.64. The van der Waals surface area contributed by atoms with Crippen LogP contribution in [0.2, 0.25) is 0 Å². The van der Waals surface area contributed by atoms with Crippen LogP contribution < -0.4 is 10.1 Å². The monoisotopic (exact) mass is 324 g/mol. The van der Waals surface area contributed by atoms with Gasteiger partial charge in [0.25, 0.3) is 0 Å². The highest BCUT2D eigenvalue weighted by Gasteiger charge is 2.23. The minimum atomic E-state index is -0.589. The van der Waals surface area contributed by atoms with Crippen molar-refractivity contribution in [3.8, 4) is 11.5 Å². The summed E-state index contributed by atoms with van der Waals surface area (Å²) in [5.41, 5.74) is 0.575. The minimum Gasteiger partial charge on any atom is -0.457 e. The number of piperidine rings is 1. The number of amides is 2. The van der Waals surface area contributed by atoms with E-state index in [0.717, 1.165) is 25.0 Å². The second-order valence-corrected chi connectivity index (χ2v) is 5.75. The van der Waals surface area contributed by atoms with Gasteiger partial charge in [0.15, 0.2) is 0 Å². The lowest BCUT2D eigenvalue weighted by atomic mass is 10.1. The second kappa shape index (κ2) is 7.64. The van der Waals surface area contributed by atoms with Gasteiger partial charge in [0.05, 0.1) is 0 Å². The molecule has 2 aromatic carbocycles. The Morgan fingerprint density at radius 1 is 0.833 bits per heavy atom. The quantitative estimate of drug-likeness (QED) is 0.880. The van der Waals surface area contributed by atoms with E-state index in [0.29, 0.717) is 24.5 Å². The summed E-state index contributed by atoms with van der Waals surface area (Å²) in [7, 11) is 0. The van der Waals surface area contributed by atoms with Gasteiger partial charge in [0, 0.05) is 18.8 Å². The van der Waals surface area contributed by atoms with Crippen LogP contribution >= 0.6 is 0 Å². The highest BCUT2D eigenvalue weighted by molar-refractivity contribution is 6.39. The summed E-state index contributed by atoms with van der Waals surface area (Å²) in [6.45, 7) is 1.33. The molecule has 124 valence electrons. The highest BCUT2D eigenvalue weighted by atomic mass is 16.5. The summed E-state index contributed by atoms with van der Waals surface area (Å²) in [4.78, 5) is 25.8. The summed E-state index contributed by atoms with van der Waals surface area (Å²) in [5.74, 6) is 0.365. The molecule has 1 aliphatic heterocycles. The molecule has 2 amide bonds. The van der Waals surface area contributed by atoms with Crippen molar-refractivity contribution in [1.82, 2.24) is 4.90 Å². The number of carbonyl (C=O) groups excluding carboxylic acids is 2. The first kappa shape index (κ1) is 16.1. The Morgan fingerprint density at radius 3 is 2.12 bits per heavy atom. The van der Waals surface area contributed by atoms with Crippen molar-refractivity contribution in [3.63, 3.8) is 0 Å². The molecule has 0 aromatic heterocycles. The summed E-state index contributed by atoms with van der Waals surface area (Å²) < 4.78 is 5.69. The number of carbonyl (C=O) groups is 2. The standard InChI is InChI=1S/C19H20N2O3/c22-18(19(23)21-13-5-2-6-14-21)20-15-9-11-17(12-10-15)24-16-7-3-1-4-8-16/h1,3-4,7-12H,2,5-6,13-14H2,(H,20,22). The van der Waals surface area contributed by atoms with Crippen LogP contribution in [0.5, 0.6) is 11.5 Å². The second-order valence-electron chi connectivity index (χ2n) is 5.75. The third-order valence-electron chi connectivity index (χ3n) is 3.93. The molecule has 2 aromatic rings. The van der Waals surface area contributed by atoms with Gasteiger partial charge < -0.3 is 15.0 Å². The van der Waals surface area contributed by atoms with Crippen molar-refractivity contribution in [2.24, 2.45) is 0 Å². The van der Waals surface area contributed by atoms with Crippen molar-refractivity contribution < 1.29 is 14.3 Å². The summed E-state index contributed by atoms with van der Waals surface area (Å²) >= 11 is 0. The van der Waals surface area contributed by atoms with Gasteiger partial charge in [-0.15, -0.1) is 0 Å². The predicted octanol–water partition coefficient (Wildman–Crippen LogP) is 3.43. The van der Waals surface area contributed by atoms with E-state index in [1.807, 2.05) is 30.3 Å². The smallest absolute Gasteiger partial charge is 0.313 e. The normalized spacial score (nSPS) is 14.1. The molecule has 0 radical (unpaired) electrons. The van der Waals surface area contributed by atoms with E-state index in [2.05, 4.69) is 5.32 Å². The summed E-state index contributed by atoms with van der Waals surface area (Å²) in [5, 5.41) is 2.64. The fraction of sp³-hybridized carbons (Fsp3) is 0.263. The zero-order valence-electron chi connectivity index (χ0n) is 13.4. The number of para-hydroxylation sites is 1. The van der Waals surface area contributed by atoms with E-state index in [1.54, 1.807) is 29.2 Å². The number of nitrogens with one attached hydrogen (secondary N) is 1. The first-order valence-corrected chi connectivity index (χ1v) is 8.15. The third-order valence-corrected chi connectivity index (χ3v) is 3.93. The van der Waals surface area contributed by atoms with Crippen molar-refractivity contribution in [2.75, 3.05) is 18.4 Å². The molecule has 0 spiro atoms. The van der Waals surface area contributed by atoms with Crippen LogP contribution in [0.25, 0.3) is 0 Å². The maximum Gasteiger partial charge on any atom is 0.313 e. The first-order chi connectivity index (χ1) is 11.7. The number of ether oxygens (including phenoxy) is 1. The average molecular weight is 324 g/mol. The van der Waals surface area contributed by atoms with E-state index in [1.165, 1.54) is 0 Å². The van der Waals surface area contributed by atoms with E-state index >= 15 is 0 Å². The Hall–Kier alpha value is -2.82. The van der Waals surface area contributed by atoms with Gasteiger partial charge in [0.2, 0.25) is 0 Å². The van der Waals surface area contributed by atoms with Gasteiger partial charge in [-0.05, 0) is 55.7 Å². The number of hydrogen-bond acceptors (Lipinski definition) is 3. The maximum atomic E-state index is 12.1. The zero-order chi connectivity index (χ0) is 16.8. The molecule has 1 fully saturated rings. The third kappa shape index (κ3) is 4.13. The Labute approximate surface area is 141 Å². The van der Waals surface area contributed by atoms with Crippen LogP contribution in [-0.4, -0.2) is 29.8 Å². The number of rotatable bonds is 3. The van der Waals surface area contributed by atoms with Gasteiger partial charge in [-0.2, -0.15) is 0 Å². The molecule has 1 heterocycles. The van der Waals surface area contributed by atoms with Gasteiger partial charge in [-0.1, -0.05) is 18.2 Å². The van der Waals surface area contributed by atoms with Gasteiger partial charge in [-0.3, -0.25) is 9.59 Å². The molecule has 1 N–H and O–H groups in total. The highest BCUT2D eigenvalue weighted by Crippen LogP contribution is 2.22. The van der Waals surface area contributed by atoms with Gasteiger partial charge in [0.1, 0.15) is 11.5 Å². The molecule has 1 aliphatic rings. The molecular formula is C19H20N2O3. The van der Waals surface area contributed by atoms with Crippen LogP contribution in [-0.2, 0) is 9.59 Å². The number of hydrogen-bond donors (Lipinski definition) is 1. The molecule has 1 saturated heterocycles. The fourth-order valence-electron chi connectivity index (χ4n) is 2.66. The van der Waals surface area contributed by atoms with Gasteiger partial charge in [-0.25, -0.2) is 0 Å². The molecule has 0 unspecified atom stereocenters. The number of nitrogens with zero attached hydrogens (tertiary/aromatic N) is 1. The molecule has 0 aliphatic carbocycles. The first-order valence-electron chi connectivity index (χ1n) is 8.15. The van der Waals surface area contributed by atoms with Crippen LogP contribution in [0.15, 0.2) is 54.6 Å². The van der Waals surface area contributed by atoms with Crippen molar-refractivity contribution >= 4 is 17.5 Å². The molecule has 0 bridgehead atoms. The van der Waals surface area contributed by atoms with Crippen LogP contribution in [0.1, 0.15) is 19.3 Å². The Morgan fingerprint density at radius 2 is 1.46 bits per heavy atom. The molecule has 24 heavy (non-hydrogen) atoms. The van der Waals surface area contributed by atoms with Gasteiger partial charge >= 0.3 is 11.8 Å². The number of benzene rings is 2. The number of likely N-dealkylation sites (tertiary alicyclic amines) is 1. The molecule has 5 heteroatoms. The lowest BCUT2D eigenvalue weighted by Gasteiger charge is -2.25. The minimum absolute atomic E-state index is 0.459. The Kier molecular flexibility index (Phi) is 5.11. The molecule has 5 nitrogen and oxygen atoms in total. The van der Waals surface area contributed by atoms with E-state index in [9.17, 15) is 9.59 Å². The van der Waals surface area contributed by atoms with E-state index in [-0.39, 0.29) is 0 Å². The zero-order valence-corrected chi connectivity index (χ0v) is 13.4. The topological polar surface area (TPSA) is 58.6 Å². The van der Waals surface area contributed by atoms with Crippen molar-refractivity contribution in [3.05, 3.63) is 54.6 Å². The SMILES string of the molecule is O=C(Nc1ccc(Oc2ccccc2)cc1)C(=O)N1CCCCC1. The van der Waals surface area contributed by atoms with E-state index in [4.69, 9.17) is 4.74 Å². The molecule has 3 rings (SSSR count). The molecule has 0 atom stereocenters.